The number of sulfone groups is 1. The number of fused-ring (bicyclic) bond motifs is 2. The van der Waals surface area contributed by atoms with Crippen LogP contribution in [-0.4, -0.2) is 32.7 Å². The van der Waals surface area contributed by atoms with Gasteiger partial charge in [0.15, 0.2) is 6.61 Å². The van der Waals surface area contributed by atoms with Crippen LogP contribution < -0.4 is 4.90 Å². The monoisotopic (exact) mass is 475 g/mol. The van der Waals surface area contributed by atoms with Crippen LogP contribution in [0.4, 0.5) is 20.2 Å². The predicted octanol–water partition coefficient (Wildman–Crippen LogP) is 4.67. The van der Waals surface area contributed by atoms with Crippen LogP contribution >= 0.6 is 11.8 Å². The van der Waals surface area contributed by atoms with E-state index >= 15 is 0 Å². The number of carbonyl (C=O) groups is 2. The highest BCUT2D eigenvalue weighted by molar-refractivity contribution is 7.99. The topological polar surface area (TPSA) is 80.8 Å². The molecule has 0 fully saturated rings. The van der Waals surface area contributed by atoms with Gasteiger partial charge < -0.3 is 4.74 Å². The van der Waals surface area contributed by atoms with E-state index in [1.165, 1.54) is 16.7 Å². The number of rotatable bonds is 5. The number of ether oxygens (including phenoxy) is 1. The van der Waals surface area contributed by atoms with E-state index < -0.39 is 39.0 Å². The maximum Gasteiger partial charge on any atom is 0.341 e. The molecular formula is C22H15F2NO5S2. The molecule has 1 amide bonds. The molecule has 1 aliphatic rings. The van der Waals surface area contributed by atoms with E-state index in [9.17, 15) is 26.8 Å². The highest BCUT2D eigenvalue weighted by Crippen LogP contribution is 2.47. The van der Waals surface area contributed by atoms with Gasteiger partial charge >= 0.3 is 11.7 Å². The Morgan fingerprint density at radius 1 is 0.875 bits per heavy atom. The molecule has 0 saturated heterocycles. The summed E-state index contributed by atoms with van der Waals surface area (Å²) in [4.78, 5) is 27.9. The third-order valence-corrected chi connectivity index (χ3v) is 7.19. The van der Waals surface area contributed by atoms with Crippen molar-refractivity contribution < 1.29 is 31.5 Å². The van der Waals surface area contributed by atoms with E-state index in [2.05, 4.69) is 0 Å². The zero-order valence-corrected chi connectivity index (χ0v) is 17.9. The Labute approximate surface area is 186 Å². The summed E-state index contributed by atoms with van der Waals surface area (Å²) in [5.74, 6) is -4.92. The average Bonchev–Trinajstić information content (AvgIpc) is 2.80. The first kappa shape index (κ1) is 22.0. The number of esters is 1. The first-order chi connectivity index (χ1) is 15.3. The second-order valence-corrected chi connectivity index (χ2v) is 9.67. The van der Waals surface area contributed by atoms with Crippen molar-refractivity contribution in [2.75, 3.05) is 11.5 Å². The van der Waals surface area contributed by atoms with Gasteiger partial charge in [-0.3, -0.25) is 9.69 Å². The lowest BCUT2D eigenvalue weighted by atomic mass is 10.2. The number of hydrogen-bond acceptors (Lipinski definition) is 6. The molecule has 0 radical (unpaired) electrons. The Morgan fingerprint density at radius 3 is 1.94 bits per heavy atom. The number of alkyl halides is 2. The van der Waals surface area contributed by atoms with E-state index in [4.69, 9.17) is 4.74 Å². The minimum absolute atomic E-state index is 0.0685. The SMILES string of the molecule is O=C(OCC(=O)N1c2ccccc2Sc2ccccc21)c1ccc(S(=O)(=O)C(F)F)cc1. The van der Waals surface area contributed by atoms with Crippen molar-refractivity contribution in [3.05, 3.63) is 78.4 Å². The van der Waals surface area contributed by atoms with Gasteiger partial charge in [-0.25, -0.2) is 13.2 Å². The van der Waals surface area contributed by atoms with Crippen molar-refractivity contribution >= 4 is 44.9 Å². The van der Waals surface area contributed by atoms with Crippen LogP contribution in [0, 0.1) is 0 Å². The van der Waals surface area contributed by atoms with Gasteiger partial charge in [0.05, 0.1) is 21.8 Å². The maximum atomic E-state index is 13.0. The number of amides is 1. The minimum Gasteiger partial charge on any atom is -0.452 e. The van der Waals surface area contributed by atoms with Gasteiger partial charge in [-0.2, -0.15) is 8.78 Å². The van der Waals surface area contributed by atoms with Crippen molar-refractivity contribution in [1.82, 2.24) is 0 Å². The van der Waals surface area contributed by atoms with Crippen LogP contribution in [0.15, 0.2) is 87.5 Å². The fourth-order valence-electron chi connectivity index (χ4n) is 3.13. The second kappa shape index (κ2) is 8.71. The van der Waals surface area contributed by atoms with Crippen LogP contribution in [0.2, 0.25) is 0 Å². The smallest absolute Gasteiger partial charge is 0.341 e. The normalized spacial score (nSPS) is 12.8. The standard InChI is InChI=1S/C22H15F2NO5S2/c23-22(24)32(28,29)15-11-9-14(10-12-15)21(27)30-13-20(26)25-16-5-1-3-7-18(16)31-19-8-4-2-6-17(19)25/h1-12,22H,13H2. The molecule has 32 heavy (non-hydrogen) atoms. The van der Waals surface area contributed by atoms with E-state index in [0.29, 0.717) is 11.4 Å². The number of carbonyl (C=O) groups excluding carboxylic acids is 2. The molecule has 0 unspecified atom stereocenters. The van der Waals surface area contributed by atoms with Gasteiger partial charge in [-0.15, -0.1) is 0 Å². The molecule has 6 nitrogen and oxygen atoms in total. The summed E-state index contributed by atoms with van der Waals surface area (Å²) in [6.07, 6.45) is 0. The largest absolute Gasteiger partial charge is 0.452 e. The lowest BCUT2D eigenvalue weighted by Crippen LogP contribution is -2.32. The molecule has 3 aromatic rings. The van der Waals surface area contributed by atoms with Gasteiger partial charge in [0.2, 0.25) is 9.84 Å². The summed E-state index contributed by atoms with van der Waals surface area (Å²) in [6, 6.07) is 18.6. The highest BCUT2D eigenvalue weighted by atomic mass is 32.2. The van der Waals surface area contributed by atoms with E-state index in [1.807, 2.05) is 24.3 Å². The van der Waals surface area contributed by atoms with Gasteiger partial charge in [0.1, 0.15) is 0 Å². The fourth-order valence-corrected chi connectivity index (χ4v) is 4.91. The first-order valence-electron chi connectivity index (χ1n) is 9.27. The molecule has 0 saturated carbocycles. The third-order valence-electron chi connectivity index (χ3n) is 4.66. The summed E-state index contributed by atoms with van der Waals surface area (Å²) in [6.45, 7) is -0.566. The number of anilines is 2. The molecular weight excluding hydrogens is 460 g/mol. The van der Waals surface area contributed by atoms with Crippen molar-refractivity contribution in [3.8, 4) is 0 Å². The van der Waals surface area contributed by atoms with Gasteiger partial charge in [-0.1, -0.05) is 36.0 Å². The van der Waals surface area contributed by atoms with Crippen LogP contribution in [-0.2, 0) is 19.4 Å². The molecule has 0 aromatic heterocycles. The zero-order valence-electron chi connectivity index (χ0n) is 16.3. The molecule has 0 N–H and O–H groups in total. The van der Waals surface area contributed by atoms with Crippen molar-refractivity contribution in [1.29, 1.82) is 0 Å². The Kier molecular flexibility index (Phi) is 5.98. The molecule has 0 atom stereocenters. The van der Waals surface area contributed by atoms with E-state index in [-0.39, 0.29) is 5.56 Å². The minimum atomic E-state index is -4.76. The Hall–Kier alpha value is -3.24. The summed E-state index contributed by atoms with van der Waals surface area (Å²) in [5.41, 5.74) is 1.26. The number of halogens is 2. The van der Waals surface area contributed by atoms with Crippen molar-refractivity contribution in [3.63, 3.8) is 0 Å². The van der Waals surface area contributed by atoms with Gasteiger partial charge in [-0.05, 0) is 48.5 Å². The Balaban J connectivity index is 1.51. The molecule has 10 heteroatoms. The number of para-hydroxylation sites is 2. The average molecular weight is 475 g/mol. The van der Waals surface area contributed by atoms with Crippen LogP contribution in [0.1, 0.15) is 10.4 Å². The number of nitrogens with zero attached hydrogens (tertiary/aromatic N) is 1. The van der Waals surface area contributed by atoms with Crippen molar-refractivity contribution in [2.24, 2.45) is 0 Å². The number of hydrogen-bond donors (Lipinski definition) is 0. The molecule has 164 valence electrons. The fraction of sp³-hybridized carbons (Fsp3) is 0.0909. The summed E-state index contributed by atoms with van der Waals surface area (Å²) in [7, 11) is -4.76. The first-order valence-corrected chi connectivity index (χ1v) is 11.6. The van der Waals surface area contributed by atoms with Crippen LogP contribution in [0.3, 0.4) is 0 Å². The van der Waals surface area contributed by atoms with Gasteiger partial charge in [0.25, 0.3) is 5.91 Å². The highest BCUT2D eigenvalue weighted by Gasteiger charge is 2.29. The van der Waals surface area contributed by atoms with Gasteiger partial charge in [0, 0.05) is 9.79 Å². The molecule has 3 aromatic carbocycles. The summed E-state index contributed by atoms with van der Waals surface area (Å²) in [5, 5.41) is 0. The molecule has 1 aliphatic heterocycles. The molecule has 4 rings (SSSR count). The second-order valence-electron chi connectivity index (χ2n) is 6.67. The summed E-state index contributed by atoms with van der Waals surface area (Å²) < 4.78 is 53.3. The quantitative estimate of drug-likeness (QED) is 0.499. The number of benzene rings is 3. The molecule has 0 bridgehead atoms. The van der Waals surface area contributed by atoms with Crippen LogP contribution in [0.25, 0.3) is 0 Å². The Bertz CT molecular complexity index is 1250. The third kappa shape index (κ3) is 4.11. The van der Waals surface area contributed by atoms with E-state index in [1.54, 1.807) is 24.3 Å². The maximum absolute atomic E-state index is 13.0. The van der Waals surface area contributed by atoms with Crippen LogP contribution in [0.5, 0.6) is 0 Å². The molecule has 0 aliphatic carbocycles. The van der Waals surface area contributed by atoms with Crippen molar-refractivity contribution in [2.45, 2.75) is 20.4 Å². The zero-order chi connectivity index (χ0) is 22.9. The summed E-state index contributed by atoms with van der Waals surface area (Å²) >= 11 is 1.53. The predicted molar refractivity (Wildman–Crippen MR) is 114 cm³/mol. The lowest BCUT2D eigenvalue weighted by molar-refractivity contribution is -0.121. The van der Waals surface area contributed by atoms with E-state index in [0.717, 1.165) is 34.1 Å². The Morgan fingerprint density at radius 2 is 1.41 bits per heavy atom. The molecule has 1 heterocycles. The lowest BCUT2D eigenvalue weighted by Gasteiger charge is -2.30. The molecule has 0 spiro atoms.